The number of hydrogen-bond donors (Lipinski definition) is 2. The minimum atomic E-state index is 0. The second-order valence-corrected chi connectivity index (χ2v) is 6.38. The summed E-state index contributed by atoms with van der Waals surface area (Å²) in [5.41, 5.74) is 0. The smallest absolute Gasteiger partial charge is 0.191 e. The topological polar surface area (TPSA) is 55.4 Å². The van der Waals surface area contributed by atoms with E-state index in [0.717, 1.165) is 58.4 Å². The average Bonchev–Trinajstić information content (AvgIpc) is 2.79. The lowest BCUT2D eigenvalue weighted by atomic mass is 10.4. The summed E-state index contributed by atoms with van der Waals surface area (Å²) in [6, 6.07) is 0. The second-order valence-electron chi connectivity index (χ2n) is 6.38. The Balaban J connectivity index is 0.00000288. The van der Waals surface area contributed by atoms with E-state index in [1.807, 2.05) is 7.05 Å². The third kappa shape index (κ3) is 8.80. The Labute approximate surface area is 164 Å². The van der Waals surface area contributed by atoms with Gasteiger partial charge in [0.1, 0.15) is 0 Å². The molecule has 24 heavy (non-hydrogen) atoms. The highest BCUT2D eigenvalue weighted by molar-refractivity contribution is 14.0. The van der Waals surface area contributed by atoms with Crippen LogP contribution in [0.4, 0.5) is 0 Å². The zero-order chi connectivity index (χ0) is 16.3. The molecule has 0 unspecified atom stereocenters. The molecule has 2 saturated heterocycles. The van der Waals surface area contributed by atoms with Crippen molar-refractivity contribution < 1.29 is 4.74 Å². The first-order valence-corrected chi connectivity index (χ1v) is 8.93. The molecule has 0 aromatic heterocycles. The van der Waals surface area contributed by atoms with Gasteiger partial charge in [-0.15, -0.1) is 24.0 Å². The molecule has 0 spiro atoms. The number of hydrogen-bond acceptors (Lipinski definition) is 5. The van der Waals surface area contributed by atoms with Gasteiger partial charge in [0.2, 0.25) is 0 Å². The van der Waals surface area contributed by atoms with E-state index in [2.05, 4.69) is 37.4 Å². The van der Waals surface area contributed by atoms with Gasteiger partial charge in [0.05, 0.1) is 13.2 Å². The van der Waals surface area contributed by atoms with Crippen LogP contribution in [0.1, 0.15) is 6.42 Å². The number of nitrogens with one attached hydrogen (secondary N) is 2. The Hall–Kier alpha value is -0.160. The molecule has 2 aliphatic heterocycles. The van der Waals surface area contributed by atoms with Crippen LogP contribution in [0.5, 0.6) is 0 Å². The van der Waals surface area contributed by atoms with Crippen LogP contribution in [0.25, 0.3) is 0 Å². The molecule has 0 radical (unpaired) electrons. The first-order valence-electron chi connectivity index (χ1n) is 8.93. The molecule has 2 fully saturated rings. The molecule has 2 aliphatic rings. The molecule has 2 N–H and O–H groups in total. The number of likely N-dealkylation sites (N-methyl/N-ethyl adjacent to an activating group) is 1. The maximum Gasteiger partial charge on any atom is 0.191 e. The molecule has 8 heteroatoms. The van der Waals surface area contributed by atoms with Gasteiger partial charge in [0.15, 0.2) is 5.96 Å². The number of rotatable bonds is 6. The first-order chi connectivity index (χ1) is 11.3. The lowest BCUT2D eigenvalue weighted by Crippen LogP contribution is -2.46. The number of aliphatic imine (C=N–C) groups is 1. The second kappa shape index (κ2) is 13.1. The van der Waals surface area contributed by atoms with Crippen LogP contribution in [-0.2, 0) is 4.74 Å². The van der Waals surface area contributed by atoms with Gasteiger partial charge in [-0.1, -0.05) is 0 Å². The highest BCUT2D eigenvalue weighted by Crippen LogP contribution is 1.99. The summed E-state index contributed by atoms with van der Waals surface area (Å²) in [7, 11) is 4.05. The van der Waals surface area contributed by atoms with E-state index in [0.29, 0.717) is 0 Å². The van der Waals surface area contributed by atoms with E-state index in [4.69, 9.17) is 4.74 Å². The Kier molecular flexibility index (Phi) is 11.9. The highest BCUT2D eigenvalue weighted by atomic mass is 127. The lowest BCUT2D eigenvalue weighted by molar-refractivity contribution is 0.0389. The van der Waals surface area contributed by atoms with Crippen molar-refractivity contribution in [1.29, 1.82) is 0 Å². The minimum absolute atomic E-state index is 0. The molecule has 7 nitrogen and oxygen atoms in total. The first kappa shape index (κ1) is 21.9. The largest absolute Gasteiger partial charge is 0.379 e. The average molecular weight is 454 g/mol. The van der Waals surface area contributed by atoms with E-state index in [1.54, 1.807) is 0 Å². The number of halogens is 1. The van der Waals surface area contributed by atoms with Gasteiger partial charge < -0.3 is 25.2 Å². The maximum absolute atomic E-state index is 5.37. The van der Waals surface area contributed by atoms with Crippen molar-refractivity contribution in [1.82, 2.24) is 25.3 Å². The molecular weight excluding hydrogens is 419 g/mol. The molecule has 0 aromatic carbocycles. The number of guanidine groups is 1. The Morgan fingerprint density at radius 2 is 1.54 bits per heavy atom. The summed E-state index contributed by atoms with van der Waals surface area (Å²) in [5, 5.41) is 6.83. The van der Waals surface area contributed by atoms with Gasteiger partial charge in [-0.05, 0) is 26.6 Å². The SMILES string of the molecule is CN=C(NCCN1CCOCC1)NCCN1CCCN(C)CC1.I. The molecule has 0 bridgehead atoms. The van der Waals surface area contributed by atoms with Crippen LogP contribution >= 0.6 is 24.0 Å². The Morgan fingerprint density at radius 3 is 2.17 bits per heavy atom. The number of ether oxygens (including phenoxy) is 1. The number of nitrogens with zero attached hydrogens (tertiary/aromatic N) is 4. The Morgan fingerprint density at radius 1 is 0.917 bits per heavy atom. The van der Waals surface area contributed by atoms with Gasteiger partial charge in [0, 0.05) is 59.4 Å². The van der Waals surface area contributed by atoms with Crippen LogP contribution in [0.15, 0.2) is 4.99 Å². The molecule has 2 rings (SSSR count). The molecular formula is C16H35IN6O. The van der Waals surface area contributed by atoms with Gasteiger partial charge in [0.25, 0.3) is 0 Å². The monoisotopic (exact) mass is 454 g/mol. The van der Waals surface area contributed by atoms with Gasteiger partial charge in [-0.3, -0.25) is 9.89 Å². The van der Waals surface area contributed by atoms with E-state index in [9.17, 15) is 0 Å². The van der Waals surface area contributed by atoms with Gasteiger partial charge in [-0.2, -0.15) is 0 Å². The van der Waals surface area contributed by atoms with E-state index >= 15 is 0 Å². The van der Waals surface area contributed by atoms with E-state index < -0.39 is 0 Å². The van der Waals surface area contributed by atoms with Crippen molar-refractivity contribution in [2.75, 3.05) is 92.8 Å². The van der Waals surface area contributed by atoms with Crippen LogP contribution in [-0.4, -0.2) is 113 Å². The molecule has 0 saturated carbocycles. The van der Waals surface area contributed by atoms with Crippen LogP contribution in [0.2, 0.25) is 0 Å². The van der Waals surface area contributed by atoms with Crippen molar-refractivity contribution in [3.8, 4) is 0 Å². The molecule has 0 aliphatic carbocycles. The van der Waals surface area contributed by atoms with Crippen LogP contribution in [0.3, 0.4) is 0 Å². The third-order valence-corrected chi connectivity index (χ3v) is 4.58. The van der Waals surface area contributed by atoms with Crippen molar-refractivity contribution in [3.63, 3.8) is 0 Å². The third-order valence-electron chi connectivity index (χ3n) is 4.58. The van der Waals surface area contributed by atoms with Crippen molar-refractivity contribution in [2.45, 2.75) is 6.42 Å². The summed E-state index contributed by atoms with van der Waals surface area (Å²) < 4.78 is 5.37. The molecule has 0 amide bonds. The molecule has 2 heterocycles. The lowest BCUT2D eigenvalue weighted by Gasteiger charge is -2.27. The van der Waals surface area contributed by atoms with Crippen molar-refractivity contribution >= 4 is 29.9 Å². The highest BCUT2D eigenvalue weighted by Gasteiger charge is 2.12. The van der Waals surface area contributed by atoms with E-state index in [-0.39, 0.29) is 24.0 Å². The van der Waals surface area contributed by atoms with Gasteiger partial charge in [-0.25, -0.2) is 0 Å². The molecule has 0 atom stereocenters. The standard InChI is InChI=1S/C16H34N6O.HI/c1-17-16(19-5-9-22-12-14-23-15-13-22)18-4-8-21-7-3-6-20(2)10-11-21;/h3-15H2,1-2H3,(H2,17,18,19);1H. The maximum atomic E-state index is 5.37. The van der Waals surface area contributed by atoms with E-state index in [1.165, 1.54) is 32.6 Å². The fourth-order valence-corrected chi connectivity index (χ4v) is 3.03. The van der Waals surface area contributed by atoms with Crippen molar-refractivity contribution in [2.24, 2.45) is 4.99 Å². The fourth-order valence-electron chi connectivity index (χ4n) is 3.03. The number of morpholine rings is 1. The minimum Gasteiger partial charge on any atom is -0.379 e. The summed E-state index contributed by atoms with van der Waals surface area (Å²) in [5.74, 6) is 0.908. The van der Waals surface area contributed by atoms with Crippen LogP contribution < -0.4 is 10.6 Å². The van der Waals surface area contributed by atoms with Crippen molar-refractivity contribution in [3.05, 3.63) is 0 Å². The summed E-state index contributed by atoms with van der Waals surface area (Å²) in [6.07, 6.45) is 1.27. The zero-order valence-corrected chi connectivity index (χ0v) is 17.6. The normalized spacial score (nSPS) is 21.8. The fraction of sp³-hybridized carbons (Fsp3) is 0.938. The molecule has 142 valence electrons. The summed E-state index contributed by atoms with van der Waals surface area (Å²) >= 11 is 0. The summed E-state index contributed by atoms with van der Waals surface area (Å²) in [4.78, 5) is 11.7. The van der Waals surface area contributed by atoms with Gasteiger partial charge >= 0.3 is 0 Å². The Bertz CT molecular complexity index is 351. The predicted octanol–water partition coefficient (Wildman–Crippen LogP) is -0.261. The summed E-state index contributed by atoms with van der Waals surface area (Å²) in [6.45, 7) is 12.6. The zero-order valence-electron chi connectivity index (χ0n) is 15.3. The van der Waals surface area contributed by atoms with Crippen LogP contribution in [0, 0.1) is 0 Å². The molecule has 0 aromatic rings. The quantitative estimate of drug-likeness (QED) is 0.328. The predicted molar refractivity (Wildman–Crippen MR) is 111 cm³/mol.